The summed E-state index contributed by atoms with van der Waals surface area (Å²) < 4.78 is 5.09. The van der Waals surface area contributed by atoms with Crippen molar-refractivity contribution >= 4 is 17.4 Å². The molecule has 2 rings (SSSR count). The highest BCUT2D eigenvalue weighted by molar-refractivity contribution is 6.03. The van der Waals surface area contributed by atoms with Crippen LogP contribution in [-0.2, 0) is 0 Å². The largest absolute Gasteiger partial charge is 0.459 e. The van der Waals surface area contributed by atoms with E-state index in [-0.39, 0.29) is 11.7 Å². The molecule has 2 aromatic rings. The molecule has 0 aliphatic carbocycles. The van der Waals surface area contributed by atoms with Crippen molar-refractivity contribution < 1.29 is 14.0 Å². The van der Waals surface area contributed by atoms with Crippen molar-refractivity contribution in [1.82, 2.24) is 0 Å². The summed E-state index contributed by atoms with van der Waals surface area (Å²) in [4.78, 5) is 23.0. The third kappa shape index (κ3) is 2.48. The molecule has 1 aromatic carbocycles. The van der Waals surface area contributed by atoms with E-state index in [9.17, 15) is 9.59 Å². The fraction of sp³-hybridized carbons (Fsp3) is 0.143. The van der Waals surface area contributed by atoms with E-state index in [1.54, 1.807) is 37.3 Å². The van der Waals surface area contributed by atoms with Crippen molar-refractivity contribution in [2.24, 2.45) is 0 Å². The zero-order valence-electron chi connectivity index (χ0n) is 10.2. The summed E-state index contributed by atoms with van der Waals surface area (Å²) in [5, 5.41) is 2.71. The fourth-order valence-electron chi connectivity index (χ4n) is 1.58. The minimum atomic E-state index is -0.298. The molecular weight excluding hydrogens is 230 g/mol. The van der Waals surface area contributed by atoms with E-state index in [2.05, 4.69) is 5.32 Å². The van der Waals surface area contributed by atoms with Crippen LogP contribution in [0.5, 0.6) is 0 Å². The van der Waals surface area contributed by atoms with Crippen LogP contribution in [0.2, 0.25) is 0 Å². The van der Waals surface area contributed by atoms with Crippen molar-refractivity contribution in [3.05, 3.63) is 53.5 Å². The van der Waals surface area contributed by atoms with Crippen molar-refractivity contribution in [2.75, 3.05) is 5.32 Å². The Bertz CT molecular complexity index is 581. The van der Waals surface area contributed by atoms with Crippen LogP contribution >= 0.6 is 0 Å². The van der Waals surface area contributed by atoms with Gasteiger partial charge in [-0.1, -0.05) is 0 Å². The predicted molar refractivity (Wildman–Crippen MR) is 67.8 cm³/mol. The highest BCUT2D eigenvalue weighted by Gasteiger charge is 2.12. The summed E-state index contributed by atoms with van der Waals surface area (Å²) >= 11 is 0. The van der Waals surface area contributed by atoms with Crippen LogP contribution in [0.25, 0.3) is 0 Å². The topological polar surface area (TPSA) is 59.3 Å². The zero-order chi connectivity index (χ0) is 13.1. The Morgan fingerprint density at radius 1 is 1.11 bits per heavy atom. The van der Waals surface area contributed by atoms with Crippen LogP contribution < -0.4 is 5.32 Å². The van der Waals surface area contributed by atoms with Crippen LogP contribution in [0.15, 0.2) is 41.0 Å². The molecule has 4 heteroatoms. The Morgan fingerprint density at radius 2 is 1.78 bits per heavy atom. The maximum absolute atomic E-state index is 11.8. The average Bonchev–Trinajstić information content (AvgIpc) is 2.76. The molecule has 0 aliphatic heterocycles. The van der Waals surface area contributed by atoms with Gasteiger partial charge in [0.1, 0.15) is 0 Å². The molecule has 18 heavy (non-hydrogen) atoms. The van der Waals surface area contributed by atoms with Gasteiger partial charge in [0, 0.05) is 16.8 Å². The van der Waals surface area contributed by atoms with E-state index in [1.807, 2.05) is 0 Å². The lowest BCUT2D eigenvalue weighted by molar-refractivity contribution is 0.0993. The lowest BCUT2D eigenvalue weighted by Crippen LogP contribution is -2.12. The summed E-state index contributed by atoms with van der Waals surface area (Å²) in [5.74, 6) is -0.00604. The van der Waals surface area contributed by atoms with Gasteiger partial charge in [0.05, 0.1) is 6.26 Å². The number of amides is 1. The molecule has 0 bridgehead atoms. The number of aryl methyl sites for hydroxylation is 1. The quantitative estimate of drug-likeness (QED) is 0.843. The van der Waals surface area contributed by atoms with Crippen molar-refractivity contribution in [2.45, 2.75) is 13.8 Å². The zero-order valence-corrected chi connectivity index (χ0v) is 10.2. The van der Waals surface area contributed by atoms with E-state index in [0.29, 0.717) is 17.0 Å². The number of furan rings is 1. The molecular formula is C14H13NO3. The van der Waals surface area contributed by atoms with Crippen LogP contribution in [0, 0.1) is 6.92 Å². The van der Waals surface area contributed by atoms with Crippen LogP contribution in [-0.4, -0.2) is 11.7 Å². The number of anilines is 1. The van der Waals surface area contributed by atoms with Gasteiger partial charge in [0.25, 0.3) is 5.91 Å². The minimum absolute atomic E-state index is 0.00486. The SMILES string of the molecule is CC(=O)c1ccc(NC(=O)c2occc2C)cc1. The van der Waals surface area contributed by atoms with E-state index < -0.39 is 0 Å². The molecule has 1 aromatic heterocycles. The van der Waals surface area contributed by atoms with Crippen LogP contribution in [0.4, 0.5) is 5.69 Å². The molecule has 0 radical (unpaired) electrons. The summed E-state index contributed by atoms with van der Waals surface area (Å²) in [6.45, 7) is 3.30. The number of Topliss-reactive ketones (excluding diaryl/α,β-unsaturated/α-hetero) is 1. The maximum Gasteiger partial charge on any atom is 0.291 e. The summed E-state index contributed by atoms with van der Waals surface area (Å²) in [6.07, 6.45) is 1.48. The van der Waals surface area contributed by atoms with Gasteiger partial charge < -0.3 is 9.73 Å². The predicted octanol–water partition coefficient (Wildman–Crippen LogP) is 3.04. The number of rotatable bonds is 3. The first kappa shape index (κ1) is 12.1. The number of carbonyl (C=O) groups excluding carboxylic acids is 2. The number of benzene rings is 1. The van der Waals surface area contributed by atoms with Gasteiger partial charge in [-0.05, 0) is 44.2 Å². The average molecular weight is 243 g/mol. The molecule has 0 aliphatic rings. The Balaban J connectivity index is 2.13. The monoisotopic (exact) mass is 243 g/mol. The van der Waals surface area contributed by atoms with Gasteiger partial charge in [0.15, 0.2) is 11.5 Å². The number of ketones is 1. The maximum atomic E-state index is 11.8. The van der Waals surface area contributed by atoms with Gasteiger partial charge in [-0.3, -0.25) is 9.59 Å². The first-order valence-corrected chi connectivity index (χ1v) is 5.54. The molecule has 0 unspecified atom stereocenters. The normalized spacial score (nSPS) is 10.1. The third-order valence-electron chi connectivity index (χ3n) is 2.62. The summed E-state index contributed by atoms with van der Waals surface area (Å²) in [7, 11) is 0. The molecule has 4 nitrogen and oxygen atoms in total. The lowest BCUT2D eigenvalue weighted by atomic mass is 10.1. The van der Waals surface area contributed by atoms with E-state index in [0.717, 1.165) is 5.56 Å². The van der Waals surface area contributed by atoms with Crippen molar-refractivity contribution in [3.63, 3.8) is 0 Å². The highest BCUT2D eigenvalue weighted by atomic mass is 16.3. The molecule has 1 heterocycles. The van der Waals surface area contributed by atoms with Crippen LogP contribution in [0.3, 0.4) is 0 Å². The molecule has 1 amide bonds. The van der Waals surface area contributed by atoms with Gasteiger partial charge in [0.2, 0.25) is 0 Å². The standard InChI is InChI=1S/C14H13NO3/c1-9-7-8-18-13(9)14(17)15-12-5-3-11(4-6-12)10(2)16/h3-8H,1-2H3,(H,15,17). The number of carbonyl (C=O) groups is 2. The number of hydrogen-bond acceptors (Lipinski definition) is 3. The summed E-state index contributed by atoms with van der Waals surface area (Å²) in [6, 6.07) is 8.45. The van der Waals surface area contributed by atoms with E-state index >= 15 is 0 Å². The number of hydrogen-bond donors (Lipinski definition) is 1. The Kier molecular flexibility index (Phi) is 3.28. The molecule has 0 saturated heterocycles. The fourth-order valence-corrected chi connectivity index (χ4v) is 1.58. The second kappa shape index (κ2) is 4.87. The second-order valence-corrected chi connectivity index (χ2v) is 4.02. The van der Waals surface area contributed by atoms with Gasteiger partial charge >= 0.3 is 0 Å². The Labute approximate surface area is 105 Å². The second-order valence-electron chi connectivity index (χ2n) is 4.02. The first-order chi connectivity index (χ1) is 8.58. The van der Waals surface area contributed by atoms with Crippen molar-refractivity contribution in [1.29, 1.82) is 0 Å². The molecule has 0 spiro atoms. The number of nitrogens with one attached hydrogen (secondary N) is 1. The molecule has 1 N–H and O–H groups in total. The third-order valence-corrected chi connectivity index (χ3v) is 2.62. The van der Waals surface area contributed by atoms with E-state index in [4.69, 9.17) is 4.42 Å². The first-order valence-electron chi connectivity index (χ1n) is 5.54. The van der Waals surface area contributed by atoms with Crippen molar-refractivity contribution in [3.8, 4) is 0 Å². The Hall–Kier alpha value is -2.36. The molecule has 0 fully saturated rings. The minimum Gasteiger partial charge on any atom is -0.459 e. The van der Waals surface area contributed by atoms with E-state index in [1.165, 1.54) is 13.2 Å². The Morgan fingerprint density at radius 3 is 2.28 bits per heavy atom. The molecule has 0 atom stereocenters. The molecule has 92 valence electrons. The van der Waals surface area contributed by atoms with Gasteiger partial charge in [-0.25, -0.2) is 0 Å². The summed E-state index contributed by atoms with van der Waals surface area (Å²) in [5.41, 5.74) is 2.02. The van der Waals surface area contributed by atoms with Crippen LogP contribution in [0.1, 0.15) is 33.4 Å². The highest BCUT2D eigenvalue weighted by Crippen LogP contribution is 2.14. The molecule has 0 saturated carbocycles. The van der Waals surface area contributed by atoms with Gasteiger partial charge in [-0.15, -0.1) is 0 Å². The van der Waals surface area contributed by atoms with Gasteiger partial charge in [-0.2, -0.15) is 0 Å². The lowest BCUT2D eigenvalue weighted by Gasteiger charge is -2.04. The smallest absolute Gasteiger partial charge is 0.291 e.